The van der Waals surface area contributed by atoms with Crippen molar-refractivity contribution >= 4 is 35.2 Å². The monoisotopic (exact) mass is 458 g/mol. The molecule has 170 valence electrons. The summed E-state index contributed by atoms with van der Waals surface area (Å²) in [4.78, 5) is 39.9. The molecule has 0 bridgehead atoms. The minimum Gasteiger partial charge on any atom is -0.452 e. The van der Waals surface area contributed by atoms with Crippen LogP contribution >= 0.6 is 11.8 Å². The summed E-state index contributed by atoms with van der Waals surface area (Å²) in [6.45, 7) is 3.72. The van der Waals surface area contributed by atoms with E-state index in [0.29, 0.717) is 16.1 Å². The summed E-state index contributed by atoms with van der Waals surface area (Å²) in [5.74, 6) is -1.40. The number of esters is 1. The van der Waals surface area contributed by atoms with Crippen molar-refractivity contribution in [3.63, 3.8) is 0 Å². The van der Waals surface area contributed by atoms with Gasteiger partial charge >= 0.3 is 5.97 Å². The first-order chi connectivity index (χ1) is 15.3. The first kappa shape index (κ1) is 23.8. The Labute approximate surface area is 191 Å². The second-order valence-electron chi connectivity index (χ2n) is 7.85. The number of nitrogens with one attached hydrogen (secondary N) is 1. The lowest BCUT2D eigenvalue weighted by Gasteiger charge is -2.38. The molecule has 2 amide bonds. The highest BCUT2D eigenvalue weighted by atomic mass is 32.2. The van der Waals surface area contributed by atoms with Gasteiger partial charge in [-0.2, -0.15) is 0 Å². The number of rotatable bonds is 7. The van der Waals surface area contributed by atoms with Crippen LogP contribution in [0.25, 0.3) is 0 Å². The van der Waals surface area contributed by atoms with E-state index in [2.05, 4.69) is 5.32 Å². The van der Waals surface area contributed by atoms with Gasteiger partial charge in [-0.05, 0) is 69.5 Å². The predicted octanol–water partition coefficient (Wildman–Crippen LogP) is 4.50. The van der Waals surface area contributed by atoms with E-state index in [1.54, 1.807) is 29.2 Å². The summed E-state index contributed by atoms with van der Waals surface area (Å²) in [6.07, 6.45) is 2.98. The second kappa shape index (κ2) is 11.1. The number of halogens is 1. The number of nitrogens with zero attached hydrogens (tertiary/aromatic N) is 1. The topological polar surface area (TPSA) is 75.7 Å². The number of thioether (sulfide) groups is 1. The van der Waals surface area contributed by atoms with Crippen LogP contribution in [-0.4, -0.2) is 47.1 Å². The molecule has 0 radical (unpaired) electrons. The lowest BCUT2D eigenvalue weighted by atomic mass is 9.97. The summed E-state index contributed by atoms with van der Waals surface area (Å²) in [6, 6.07) is 12.5. The Bertz CT molecular complexity index is 957. The van der Waals surface area contributed by atoms with E-state index < -0.39 is 5.97 Å². The molecule has 3 rings (SSSR count). The van der Waals surface area contributed by atoms with Gasteiger partial charge in [-0.3, -0.25) is 9.59 Å². The van der Waals surface area contributed by atoms with E-state index in [1.165, 1.54) is 36.0 Å². The molecule has 0 aliphatic carbocycles. The third-order valence-electron chi connectivity index (χ3n) is 5.40. The number of hydrogen-bond donors (Lipinski definition) is 1. The average molecular weight is 459 g/mol. The first-order valence-corrected chi connectivity index (χ1v) is 11.6. The normalized spacial score (nSPS) is 18.2. The van der Waals surface area contributed by atoms with Crippen LogP contribution in [0.4, 0.5) is 10.1 Å². The fourth-order valence-corrected chi connectivity index (χ4v) is 4.67. The first-order valence-electron chi connectivity index (χ1n) is 10.6. The number of piperidine rings is 1. The molecule has 1 fully saturated rings. The maximum Gasteiger partial charge on any atom is 0.339 e. The third kappa shape index (κ3) is 6.32. The molecule has 0 saturated carbocycles. The molecule has 2 aromatic rings. The van der Waals surface area contributed by atoms with E-state index in [-0.39, 0.29) is 42.1 Å². The molecule has 1 heterocycles. The minimum absolute atomic E-state index is 0.0589. The van der Waals surface area contributed by atoms with Crippen LogP contribution in [0.5, 0.6) is 0 Å². The molecule has 2 atom stereocenters. The summed E-state index contributed by atoms with van der Waals surface area (Å²) >= 11 is 1.19. The number of ether oxygens (including phenoxy) is 1. The maximum absolute atomic E-state index is 13.0. The van der Waals surface area contributed by atoms with E-state index in [4.69, 9.17) is 4.74 Å². The number of anilines is 1. The smallest absolute Gasteiger partial charge is 0.339 e. The van der Waals surface area contributed by atoms with Crippen LogP contribution < -0.4 is 5.32 Å². The van der Waals surface area contributed by atoms with Crippen LogP contribution in [0.3, 0.4) is 0 Å². The Morgan fingerprint density at radius 1 is 1.06 bits per heavy atom. The molecule has 1 N–H and O–H groups in total. The molecule has 0 spiro atoms. The van der Waals surface area contributed by atoms with Crippen molar-refractivity contribution in [2.75, 3.05) is 17.7 Å². The highest BCUT2D eigenvalue weighted by Crippen LogP contribution is 2.25. The van der Waals surface area contributed by atoms with Crippen LogP contribution in [0.15, 0.2) is 53.4 Å². The van der Waals surface area contributed by atoms with Gasteiger partial charge < -0.3 is 15.0 Å². The molecule has 2 unspecified atom stereocenters. The van der Waals surface area contributed by atoms with Crippen molar-refractivity contribution in [1.82, 2.24) is 4.90 Å². The molecule has 32 heavy (non-hydrogen) atoms. The summed E-state index contributed by atoms with van der Waals surface area (Å²) in [5.41, 5.74) is 0.795. The van der Waals surface area contributed by atoms with Crippen molar-refractivity contribution in [3.8, 4) is 0 Å². The number of likely N-dealkylation sites (tertiary alicyclic amines) is 1. The van der Waals surface area contributed by atoms with Crippen LogP contribution in [0.2, 0.25) is 0 Å². The molecule has 2 aromatic carbocycles. The van der Waals surface area contributed by atoms with Gasteiger partial charge in [0.1, 0.15) is 5.82 Å². The van der Waals surface area contributed by atoms with Gasteiger partial charge in [-0.15, -0.1) is 11.8 Å². The summed E-state index contributed by atoms with van der Waals surface area (Å²) in [7, 11) is 0. The Morgan fingerprint density at radius 2 is 1.72 bits per heavy atom. The average Bonchev–Trinajstić information content (AvgIpc) is 2.77. The molecular formula is C24H27FN2O4S. The van der Waals surface area contributed by atoms with Gasteiger partial charge in [0.2, 0.25) is 5.91 Å². The molecule has 1 saturated heterocycles. The number of benzene rings is 2. The van der Waals surface area contributed by atoms with Crippen molar-refractivity contribution in [2.24, 2.45) is 0 Å². The Morgan fingerprint density at radius 3 is 2.41 bits per heavy atom. The molecule has 8 heteroatoms. The van der Waals surface area contributed by atoms with E-state index in [1.807, 2.05) is 13.8 Å². The second-order valence-corrected chi connectivity index (χ2v) is 8.86. The number of hydrogen-bond acceptors (Lipinski definition) is 5. The largest absolute Gasteiger partial charge is 0.452 e. The predicted molar refractivity (Wildman–Crippen MR) is 122 cm³/mol. The molecule has 1 aliphatic heterocycles. The van der Waals surface area contributed by atoms with Crippen molar-refractivity contribution in [1.29, 1.82) is 0 Å². The van der Waals surface area contributed by atoms with Crippen molar-refractivity contribution in [3.05, 3.63) is 59.9 Å². The van der Waals surface area contributed by atoms with Crippen LogP contribution in [0.1, 0.15) is 43.5 Å². The van der Waals surface area contributed by atoms with Gasteiger partial charge in [0, 0.05) is 22.7 Å². The Hall–Kier alpha value is -2.87. The van der Waals surface area contributed by atoms with E-state index >= 15 is 0 Å². The van der Waals surface area contributed by atoms with Gasteiger partial charge in [0.05, 0.1) is 11.3 Å². The Balaban J connectivity index is 1.55. The molecule has 1 aliphatic rings. The van der Waals surface area contributed by atoms with Gasteiger partial charge in [-0.1, -0.05) is 12.1 Å². The molecule has 0 aromatic heterocycles. The summed E-state index contributed by atoms with van der Waals surface area (Å²) < 4.78 is 18.3. The fraction of sp³-hybridized carbons (Fsp3) is 0.375. The number of carbonyl (C=O) groups excluding carboxylic acids is 3. The lowest BCUT2D eigenvalue weighted by Crippen LogP contribution is -2.49. The zero-order valence-corrected chi connectivity index (χ0v) is 19.0. The lowest BCUT2D eigenvalue weighted by molar-refractivity contribution is -0.140. The standard InChI is InChI=1S/C24H27FN2O4S/c1-16-6-5-7-17(2)27(16)23(29)14-31-24(30)20-8-3-4-9-21(20)32-15-22(28)26-19-12-10-18(25)11-13-19/h3-4,8-13,16-17H,5-7,14-15H2,1-2H3,(H,26,28). The van der Waals surface area contributed by atoms with Crippen molar-refractivity contribution in [2.45, 2.75) is 50.1 Å². The van der Waals surface area contributed by atoms with Crippen molar-refractivity contribution < 1.29 is 23.5 Å². The minimum atomic E-state index is -0.599. The van der Waals surface area contributed by atoms with Gasteiger partial charge in [0.15, 0.2) is 6.61 Å². The molecular weight excluding hydrogens is 431 g/mol. The highest BCUT2D eigenvalue weighted by molar-refractivity contribution is 8.00. The number of carbonyl (C=O) groups is 3. The summed E-state index contributed by atoms with van der Waals surface area (Å²) in [5, 5.41) is 2.68. The van der Waals surface area contributed by atoms with Gasteiger partial charge in [-0.25, -0.2) is 9.18 Å². The van der Waals surface area contributed by atoms with E-state index in [0.717, 1.165) is 19.3 Å². The zero-order chi connectivity index (χ0) is 23.1. The third-order valence-corrected chi connectivity index (χ3v) is 6.48. The molecule has 6 nitrogen and oxygen atoms in total. The zero-order valence-electron chi connectivity index (χ0n) is 18.2. The van der Waals surface area contributed by atoms with Gasteiger partial charge in [0.25, 0.3) is 5.91 Å². The quantitative estimate of drug-likeness (QED) is 0.488. The highest BCUT2D eigenvalue weighted by Gasteiger charge is 2.29. The number of amides is 2. The van der Waals surface area contributed by atoms with Crippen LogP contribution in [0, 0.1) is 5.82 Å². The SMILES string of the molecule is CC1CCCC(C)N1C(=O)COC(=O)c1ccccc1SCC(=O)Nc1ccc(F)cc1. The maximum atomic E-state index is 13.0. The fourth-order valence-electron chi connectivity index (χ4n) is 3.83. The Kier molecular flexibility index (Phi) is 8.27. The van der Waals surface area contributed by atoms with Crippen LogP contribution in [-0.2, 0) is 14.3 Å². The van der Waals surface area contributed by atoms with E-state index in [9.17, 15) is 18.8 Å².